The summed E-state index contributed by atoms with van der Waals surface area (Å²) in [5.74, 6) is -0.740. The van der Waals surface area contributed by atoms with E-state index in [4.69, 9.17) is 0 Å². The average Bonchev–Trinajstić information content (AvgIpc) is 2.54. The fraction of sp³-hybridized carbons (Fsp3) is 0.200. The molecule has 0 saturated heterocycles. The number of sulfonamides is 1. The predicted molar refractivity (Wildman–Crippen MR) is 83.0 cm³/mol. The molecule has 2 rings (SSSR count). The van der Waals surface area contributed by atoms with E-state index >= 15 is 0 Å². The first-order valence-electron chi connectivity index (χ1n) is 6.49. The Kier molecular flexibility index (Phi) is 4.77. The lowest BCUT2D eigenvalue weighted by Gasteiger charge is -2.19. The Morgan fingerprint density at radius 3 is 2.55 bits per heavy atom. The van der Waals surface area contributed by atoms with Gasteiger partial charge in [0.1, 0.15) is 5.69 Å². The molecular weight excluding hydrogens is 304 g/mol. The lowest BCUT2D eigenvalue weighted by atomic mass is 10.2. The van der Waals surface area contributed by atoms with Crippen molar-refractivity contribution in [3.63, 3.8) is 0 Å². The molecule has 0 aliphatic heterocycles. The summed E-state index contributed by atoms with van der Waals surface area (Å²) >= 11 is 0. The van der Waals surface area contributed by atoms with E-state index < -0.39 is 16.0 Å². The van der Waals surface area contributed by atoms with Gasteiger partial charge in [-0.3, -0.25) is 4.31 Å². The third-order valence-corrected chi connectivity index (χ3v) is 4.85. The summed E-state index contributed by atoms with van der Waals surface area (Å²) in [4.78, 5) is 15.3. The molecule has 0 amide bonds. The summed E-state index contributed by atoms with van der Waals surface area (Å²) in [6.45, 7) is 0. The van der Waals surface area contributed by atoms with Gasteiger partial charge in [-0.2, -0.15) is 0 Å². The van der Waals surface area contributed by atoms with Crippen molar-refractivity contribution in [2.75, 3.05) is 18.5 Å². The molecule has 1 aromatic heterocycles. The second kappa shape index (κ2) is 6.57. The van der Waals surface area contributed by atoms with Crippen LogP contribution in [0.15, 0.2) is 48.7 Å². The van der Waals surface area contributed by atoms with Gasteiger partial charge in [0.2, 0.25) is 10.0 Å². The quantitative estimate of drug-likeness (QED) is 0.786. The molecule has 0 N–H and O–H groups in total. The van der Waals surface area contributed by atoms with Crippen molar-refractivity contribution in [2.45, 2.75) is 5.75 Å². The van der Waals surface area contributed by atoms with Crippen LogP contribution < -0.4 is 4.31 Å². The number of aromatic nitrogens is 1. The van der Waals surface area contributed by atoms with E-state index in [1.54, 1.807) is 24.3 Å². The van der Waals surface area contributed by atoms with Crippen molar-refractivity contribution in [3.05, 3.63) is 59.9 Å². The van der Waals surface area contributed by atoms with Crippen LogP contribution >= 0.6 is 0 Å². The lowest BCUT2D eigenvalue weighted by molar-refractivity contribution is 0.0594. The van der Waals surface area contributed by atoms with E-state index in [0.29, 0.717) is 11.3 Å². The predicted octanol–water partition coefficient (Wildman–Crippen LogP) is 1.83. The van der Waals surface area contributed by atoms with Crippen LogP contribution in [-0.4, -0.2) is 33.5 Å². The van der Waals surface area contributed by atoms with Gasteiger partial charge < -0.3 is 4.74 Å². The van der Waals surface area contributed by atoms with Crippen molar-refractivity contribution in [2.24, 2.45) is 0 Å². The maximum absolute atomic E-state index is 12.4. The minimum Gasteiger partial charge on any atom is -0.464 e. The zero-order chi connectivity index (χ0) is 16.2. The molecule has 0 aliphatic carbocycles. The second-order valence-corrected chi connectivity index (χ2v) is 6.60. The first kappa shape index (κ1) is 16.0. The zero-order valence-electron chi connectivity index (χ0n) is 12.3. The van der Waals surface area contributed by atoms with Gasteiger partial charge in [0, 0.05) is 13.2 Å². The summed E-state index contributed by atoms with van der Waals surface area (Å²) in [7, 11) is -0.880. The summed E-state index contributed by atoms with van der Waals surface area (Å²) in [5.41, 5.74) is 1.10. The summed E-state index contributed by atoms with van der Waals surface area (Å²) in [6, 6.07) is 11.8. The Labute approximate surface area is 129 Å². The first-order chi connectivity index (χ1) is 10.4. The number of pyridine rings is 1. The monoisotopic (exact) mass is 320 g/mol. The molecule has 6 nitrogen and oxygen atoms in total. The van der Waals surface area contributed by atoms with Crippen LogP contribution in [0.2, 0.25) is 0 Å². The molecule has 0 aliphatic rings. The number of esters is 1. The Morgan fingerprint density at radius 2 is 1.91 bits per heavy atom. The van der Waals surface area contributed by atoms with Gasteiger partial charge in [0.15, 0.2) is 0 Å². The molecule has 7 heteroatoms. The Morgan fingerprint density at radius 1 is 1.23 bits per heavy atom. The molecular formula is C15H16N2O4S. The molecule has 0 bridgehead atoms. The number of carbonyl (C=O) groups excluding carboxylic acids is 1. The molecule has 1 aromatic carbocycles. The van der Waals surface area contributed by atoms with Crippen molar-refractivity contribution in [1.82, 2.24) is 4.98 Å². The number of anilines is 1. The maximum Gasteiger partial charge on any atom is 0.356 e. The normalized spacial score (nSPS) is 11.0. The van der Waals surface area contributed by atoms with Crippen LogP contribution in [0, 0.1) is 0 Å². The van der Waals surface area contributed by atoms with E-state index in [1.807, 2.05) is 6.07 Å². The van der Waals surface area contributed by atoms with Crippen molar-refractivity contribution >= 4 is 21.7 Å². The number of hydrogen-bond donors (Lipinski definition) is 0. The Bertz CT molecular complexity index is 760. The van der Waals surface area contributed by atoms with Gasteiger partial charge >= 0.3 is 5.97 Å². The van der Waals surface area contributed by atoms with Crippen LogP contribution in [-0.2, 0) is 20.5 Å². The van der Waals surface area contributed by atoms with Crippen molar-refractivity contribution in [3.8, 4) is 0 Å². The third kappa shape index (κ3) is 3.62. The minimum atomic E-state index is -3.56. The van der Waals surface area contributed by atoms with Crippen molar-refractivity contribution in [1.29, 1.82) is 0 Å². The van der Waals surface area contributed by atoms with Crippen LogP contribution in [0.5, 0.6) is 0 Å². The van der Waals surface area contributed by atoms with Crippen LogP contribution in [0.1, 0.15) is 16.1 Å². The molecule has 116 valence electrons. The molecule has 0 fully saturated rings. The number of nitrogens with zero attached hydrogens (tertiary/aromatic N) is 2. The molecule has 0 atom stereocenters. The molecule has 2 aromatic rings. The van der Waals surface area contributed by atoms with E-state index in [9.17, 15) is 13.2 Å². The smallest absolute Gasteiger partial charge is 0.356 e. The van der Waals surface area contributed by atoms with E-state index in [0.717, 1.165) is 4.31 Å². The minimum absolute atomic E-state index is 0.0572. The zero-order valence-corrected chi connectivity index (χ0v) is 13.1. The van der Waals surface area contributed by atoms with Gasteiger partial charge in [-0.1, -0.05) is 30.3 Å². The maximum atomic E-state index is 12.4. The Balaban J connectivity index is 2.27. The second-order valence-electron chi connectivity index (χ2n) is 4.60. The number of benzene rings is 1. The molecule has 1 heterocycles. The standard InChI is InChI=1S/C15H16N2O4S/c1-17(13-8-9-16-14(10-13)15(18)21-2)22(19,20)11-12-6-4-3-5-7-12/h3-10H,11H2,1-2H3. The largest absolute Gasteiger partial charge is 0.464 e. The third-order valence-electron chi connectivity index (χ3n) is 3.11. The van der Waals surface area contributed by atoms with Crippen LogP contribution in [0.3, 0.4) is 0 Å². The highest BCUT2D eigenvalue weighted by atomic mass is 32.2. The van der Waals surface area contributed by atoms with Gasteiger partial charge in [-0.25, -0.2) is 18.2 Å². The van der Waals surface area contributed by atoms with E-state index in [-0.39, 0.29) is 11.4 Å². The number of rotatable bonds is 5. The topological polar surface area (TPSA) is 76.6 Å². The van der Waals surface area contributed by atoms with Crippen LogP contribution in [0.25, 0.3) is 0 Å². The van der Waals surface area contributed by atoms with Gasteiger partial charge in [0.05, 0.1) is 18.6 Å². The summed E-state index contributed by atoms with van der Waals surface area (Å²) < 4.78 is 30.6. The van der Waals surface area contributed by atoms with Gasteiger partial charge in [-0.15, -0.1) is 0 Å². The molecule has 0 radical (unpaired) electrons. The van der Waals surface area contributed by atoms with Gasteiger partial charge in [-0.05, 0) is 17.7 Å². The highest BCUT2D eigenvalue weighted by molar-refractivity contribution is 7.92. The molecule has 0 unspecified atom stereocenters. The first-order valence-corrected chi connectivity index (χ1v) is 8.10. The van der Waals surface area contributed by atoms with E-state index in [2.05, 4.69) is 9.72 Å². The van der Waals surface area contributed by atoms with Crippen LogP contribution in [0.4, 0.5) is 5.69 Å². The molecule has 22 heavy (non-hydrogen) atoms. The molecule has 0 saturated carbocycles. The average molecular weight is 320 g/mol. The number of methoxy groups -OCH3 is 1. The fourth-order valence-corrected chi connectivity index (χ4v) is 3.12. The number of carbonyl (C=O) groups is 1. The Hall–Kier alpha value is -2.41. The molecule has 0 spiro atoms. The van der Waals surface area contributed by atoms with E-state index in [1.165, 1.54) is 32.5 Å². The summed E-state index contributed by atoms with van der Waals surface area (Å²) in [6.07, 6.45) is 1.37. The summed E-state index contributed by atoms with van der Waals surface area (Å²) in [5, 5.41) is 0. The van der Waals surface area contributed by atoms with Crippen molar-refractivity contribution < 1.29 is 17.9 Å². The number of ether oxygens (including phenoxy) is 1. The fourth-order valence-electron chi connectivity index (χ4n) is 1.87. The lowest BCUT2D eigenvalue weighted by Crippen LogP contribution is -2.28. The number of hydrogen-bond acceptors (Lipinski definition) is 5. The van der Waals surface area contributed by atoms with Gasteiger partial charge in [0.25, 0.3) is 0 Å². The SMILES string of the molecule is COC(=O)c1cc(N(C)S(=O)(=O)Cc2ccccc2)ccn1. The highest BCUT2D eigenvalue weighted by Gasteiger charge is 2.20. The highest BCUT2D eigenvalue weighted by Crippen LogP contribution is 2.19.